The molecule has 21 heavy (non-hydrogen) atoms. The maximum absolute atomic E-state index is 12.1. The van der Waals surface area contributed by atoms with Crippen molar-refractivity contribution in [3.8, 4) is 0 Å². The van der Waals surface area contributed by atoms with Crippen molar-refractivity contribution in [2.24, 2.45) is 0 Å². The summed E-state index contributed by atoms with van der Waals surface area (Å²) < 4.78 is 5.43. The summed E-state index contributed by atoms with van der Waals surface area (Å²) in [5, 5.41) is 8.94. The highest BCUT2D eigenvalue weighted by Gasteiger charge is 2.13. The smallest absolute Gasteiger partial charge is 0.335 e. The van der Waals surface area contributed by atoms with Crippen LogP contribution in [0.1, 0.15) is 27.4 Å². The Morgan fingerprint density at radius 1 is 1.24 bits per heavy atom. The summed E-state index contributed by atoms with van der Waals surface area (Å²) in [5.41, 5.74) is 0.868. The number of likely N-dealkylation sites (N-methyl/N-ethyl adjacent to an activating group) is 1. The van der Waals surface area contributed by atoms with Gasteiger partial charge in [-0.15, -0.1) is 0 Å². The Kier molecular flexibility index (Phi) is 4.42. The third kappa shape index (κ3) is 3.95. The molecule has 5 nitrogen and oxygen atoms in total. The molecule has 0 aliphatic rings. The quantitative estimate of drug-likeness (QED) is 0.917. The average Bonchev–Trinajstić information content (AvgIpc) is 2.84. The molecule has 0 bridgehead atoms. The molecule has 1 heterocycles. The van der Waals surface area contributed by atoms with Crippen molar-refractivity contribution >= 4 is 11.9 Å². The van der Waals surface area contributed by atoms with Crippen molar-refractivity contribution in [3.05, 3.63) is 59.0 Å². The molecule has 2 aromatic rings. The zero-order chi connectivity index (χ0) is 15.4. The van der Waals surface area contributed by atoms with Gasteiger partial charge in [0.1, 0.15) is 11.5 Å². The predicted octanol–water partition coefficient (Wildman–Crippen LogP) is 2.49. The van der Waals surface area contributed by atoms with Gasteiger partial charge in [-0.1, -0.05) is 12.1 Å². The highest BCUT2D eigenvalue weighted by atomic mass is 16.4. The molecule has 0 unspecified atom stereocenters. The molecule has 0 fully saturated rings. The van der Waals surface area contributed by atoms with E-state index < -0.39 is 5.97 Å². The fraction of sp³-hybridized carbons (Fsp3) is 0.250. The Morgan fingerprint density at radius 3 is 2.62 bits per heavy atom. The van der Waals surface area contributed by atoms with Crippen LogP contribution in [0.3, 0.4) is 0 Å². The zero-order valence-electron chi connectivity index (χ0n) is 12.0. The molecular weight excluding hydrogens is 270 g/mol. The highest BCUT2D eigenvalue weighted by Crippen LogP contribution is 2.11. The fourth-order valence-corrected chi connectivity index (χ4v) is 2.02. The van der Waals surface area contributed by atoms with Gasteiger partial charge in [-0.25, -0.2) is 4.79 Å². The van der Waals surface area contributed by atoms with Crippen molar-refractivity contribution in [3.63, 3.8) is 0 Å². The van der Waals surface area contributed by atoms with Crippen LogP contribution in [0.15, 0.2) is 40.8 Å². The van der Waals surface area contributed by atoms with Crippen LogP contribution >= 0.6 is 0 Å². The first kappa shape index (κ1) is 14.8. The highest BCUT2D eigenvalue weighted by molar-refractivity contribution is 5.88. The monoisotopic (exact) mass is 287 g/mol. The molecule has 0 aliphatic heterocycles. The van der Waals surface area contributed by atoms with Gasteiger partial charge in [0.05, 0.1) is 18.5 Å². The van der Waals surface area contributed by atoms with Gasteiger partial charge < -0.3 is 14.4 Å². The number of carboxylic acid groups (broad SMARTS) is 1. The lowest BCUT2D eigenvalue weighted by Crippen LogP contribution is -2.27. The molecule has 110 valence electrons. The summed E-state index contributed by atoms with van der Waals surface area (Å²) in [6.45, 7) is 2.24. The standard InChI is InChI=1S/C16H17NO4/c1-11-6-7-14(21-11)10-17(2)15(18)9-12-4-3-5-13(8-12)16(19)20/h3-8H,9-10H2,1-2H3,(H,19,20). The number of aryl methyl sites for hydroxylation is 1. The second-order valence-corrected chi connectivity index (χ2v) is 4.94. The van der Waals surface area contributed by atoms with E-state index in [-0.39, 0.29) is 17.9 Å². The summed E-state index contributed by atoms with van der Waals surface area (Å²) in [4.78, 5) is 24.6. The summed E-state index contributed by atoms with van der Waals surface area (Å²) in [7, 11) is 1.70. The van der Waals surface area contributed by atoms with Crippen molar-refractivity contribution in [1.29, 1.82) is 0 Å². The van der Waals surface area contributed by atoms with Gasteiger partial charge in [-0.2, -0.15) is 0 Å². The zero-order valence-corrected chi connectivity index (χ0v) is 12.0. The van der Waals surface area contributed by atoms with E-state index >= 15 is 0 Å². The van der Waals surface area contributed by atoms with Crippen LogP contribution in [0.2, 0.25) is 0 Å². The minimum absolute atomic E-state index is 0.0911. The van der Waals surface area contributed by atoms with Crippen LogP contribution in [0.5, 0.6) is 0 Å². The molecule has 1 aromatic carbocycles. The number of benzene rings is 1. The van der Waals surface area contributed by atoms with Gasteiger partial charge in [-0.3, -0.25) is 4.79 Å². The summed E-state index contributed by atoms with van der Waals surface area (Å²) in [6, 6.07) is 10.1. The Balaban J connectivity index is 2.00. The Morgan fingerprint density at radius 2 is 2.00 bits per heavy atom. The van der Waals surface area contributed by atoms with Crippen LogP contribution in [0, 0.1) is 6.92 Å². The number of carboxylic acids is 1. The van der Waals surface area contributed by atoms with Gasteiger partial charge >= 0.3 is 5.97 Å². The second-order valence-electron chi connectivity index (χ2n) is 4.94. The normalized spacial score (nSPS) is 10.4. The molecule has 2 rings (SSSR count). The van der Waals surface area contributed by atoms with Crippen molar-refractivity contribution in [2.75, 3.05) is 7.05 Å². The number of amides is 1. The minimum atomic E-state index is -0.997. The molecule has 1 N–H and O–H groups in total. The first-order chi connectivity index (χ1) is 9.95. The Labute approximate surface area is 122 Å². The van der Waals surface area contributed by atoms with Crippen LogP contribution in [0.4, 0.5) is 0 Å². The number of aromatic carboxylic acids is 1. The molecule has 1 amide bonds. The molecule has 1 aromatic heterocycles. The molecule has 0 saturated carbocycles. The Bertz CT molecular complexity index is 660. The molecule has 0 radical (unpaired) electrons. The number of carbonyl (C=O) groups is 2. The topological polar surface area (TPSA) is 70.8 Å². The van der Waals surface area contributed by atoms with Crippen LogP contribution in [-0.2, 0) is 17.8 Å². The molecule has 5 heteroatoms. The largest absolute Gasteiger partial charge is 0.478 e. The first-order valence-electron chi connectivity index (χ1n) is 6.57. The molecule has 0 aliphatic carbocycles. The lowest BCUT2D eigenvalue weighted by molar-refractivity contribution is -0.129. The fourth-order valence-electron chi connectivity index (χ4n) is 2.02. The number of rotatable bonds is 5. The van der Waals surface area contributed by atoms with Crippen LogP contribution in [-0.4, -0.2) is 28.9 Å². The second kappa shape index (κ2) is 6.26. The molecule has 0 saturated heterocycles. The summed E-state index contributed by atoms with van der Waals surface area (Å²) in [5.74, 6) is 0.443. The molecule has 0 atom stereocenters. The van der Waals surface area contributed by atoms with E-state index in [1.165, 1.54) is 12.1 Å². The SMILES string of the molecule is Cc1ccc(CN(C)C(=O)Cc2cccc(C(=O)O)c2)o1. The predicted molar refractivity (Wildman–Crippen MR) is 77.0 cm³/mol. The van der Waals surface area contributed by atoms with E-state index in [9.17, 15) is 9.59 Å². The van der Waals surface area contributed by atoms with Gasteiger partial charge in [-0.05, 0) is 36.8 Å². The number of carbonyl (C=O) groups excluding carboxylic acids is 1. The summed E-state index contributed by atoms with van der Waals surface area (Å²) >= 11 is 0. The van der Waals surface area contributed by atoms with E-state index in [0.29, 0.717) is 12.1 Å². The van der Waals surface area contributed by atoms with E-state index in [2.05, 4.69) is 0 Å². The first-order valence-corrected chi connectivity index (χ1v) is 6.57. The van der Waals surface area contributed by atoms with E-state index in [1.807, 2.05) is 19.1 Å². The lowest BCUT2D eigenvalue weighted by Gasteiger charge is -2.15. The van der Waals surface area contributed by atoms with Crippen molar-refractivity contribution in [2.45, 2.75) is 19.9 Å². The van der Waals surface area contributed by atoms with Gasteiger partial charge in [0.2, 0.25) is 5.91 Å². The van der Waals surface area contributed by atoms with Gasteiger partial charge in [0, 0.05) is 7.05 Å². The van der Waals surface area contributed by atoms with Crippen LogP contribution in [0.25, 0.3) is 0 Å². The van der Waals surface area contributed by atoms with Gasteiger partial charge in [0.15, 0.2) is 0 Å². The number of furan rings is 1. The number of hydrogen-bond acceptors (Lipinski definition) is 3. The van der Waals surface area contributed by atoms with Crippen molar-refractivity contribution < 1.29 is 19.1 Å². The Hall–Kier alpha value is -2.56. The van der Waals surface area contributed by atoms with Gasteiger partial charge in [0.25, 0.3) is 0 Å². The minimum Gasteiger partial charge on any atom is -0.478 e. The average molecular weight is 287 g/mol. The van der Waals surface area contributed by atoms with Crippen molar-refractivity contribution in [1.82, 2.24) is 4.90 Å². The maximum Gasteiger partial charge on any atom is 0.335 e. The third-order valence-electron chi connectivity index (χ3n) is 3.14. The number of hydrogen-bond donors (Lipinski definition) is 1. The third-order valence-corrected chi connectivity index (χ3v) is 3.14. The van der Waals surface area contributed by atoms with E-state index in [1.54, 1.807) is 24.1 Å². The lowest BCUT2D eigenvalue weighted by atomic mass is 10.1. The number of nitrogens with zero attached hydrogens (tertiary/aromatic N) is 1. The van der Waals surface area contributed by atoms with E-state index in [0.717, 1.165) is 11.5 Å². The van der Waals surface area contributed by atoms with E-state index in [4.69, 9.17) is 9.52 Å². The van der Waals surface area contributed by atoms with Crippen LogP contribution < -0.4 is 0 Å². The molecular formula is C16H17NO4. The summed E-state index contributed by atoms with van der Waals surface area (Å²) in [6.07, 6.45) is 0.164. The maximum atomic E-state index is 12.1. The molecule has 0 spiro atoms.